The van der Waals surface area contributed by atoms with Gasteiger partial charge in [-0.05, 0) is 25.0 Å². The van der Waals surface area contributed by atoms with Crippen molar-refractivity contribution in [2.45, 2.75) is 30.3 Å². The second-order valence-electron chi connectivity index (χ2n) is 6.80. The van der Waals surface area contributed by atoms with Crippen LogP contribution in [0.1, 0.15) is 19.3 Å². The smallest absolute Gasteiger partial charge is 0.249 e. The summed E-state index contributed by atoms with van der Waals surface area (Å²) in [6.45, 7) is 1.79. The zero-order valence-corrected chi connectivity index (χ0v) is 16.3. The third-order valence-corrected chi connectivity index (χ3v) is 6.85. The molecule has 3 rings (SSSR count). The number of ether oxygens (including phenoxy) is 2. The van der Waals surface area contributed by atoms with E-state index >= 15 is 0 Å². The SMILES string of the molecule is O=C(CCOCC1CCCO1)N1CCN(S(=O)(=O)c2c(F)cccc2F)CC1. The third-order valence-electron chi connectivity index (χ3n) is 4.90. The predicted octanol–water partition coefficient (Wildman–Crippen LogP) is 1.38. The van der Waals surface area contributed by atoms with Gasteiger partial charge in [0.15, 0.2) is 4.90 Å². The van der Waals surface area contributed by atoms with Crippen LogP contribution >= 0.6 is 0 Å². The van der Waals surface area contributed by atoms with Crippen LogP contribution in [0.3, 0.4) is 0 Å². The maximum absolute atomic E-state index is 13.9. The van der Waals surface area contributed by atoms with Gasteiger partial charge in [-0.25, -0.2) is 17.2 Å². The topological polar surface area (TPSA) is 76.2 Å². The average Bonchev–Trinajstić information content (AvgIpc) is 3.18. The van der Waals surface area contributed by atoms with Gasteiger partial charge in [-0.15, -0.1) is 0 Å². The molecule has 10 heteroatoms. The monoisotopic (exact) mass is 418 g/mol. The van der Waals surface area contributed by atoms with Crippen LogP contribution in [0.25, 0.3) is 0 Å². The summed E-state index contributed by atoms with van der Waals surface area (Å²) in [5.41, 5.74) is 0. The summed E-state index contributed by atoms with van der Waals surface area (Å²) < 4.78 is 64.7. The molecule has 0 aliphatic carbocycles. The number of carbonyl (C=O) groups is 1. The molecule has 1 amide bonds. The fourth-order valence-corrected chi connectivity index (χ4v) is 4.88. The number of rotatable bonds is 7. The number of halogens is 2. The molecule has 1 atom stereocenters. The van der Waals surface area contributed by atoms with Crippen LogP contribution in [0.15, 0.2) is 23.1 Å². The lowest BCUT2D eigenvalue weighted by molar-refractivity contribution is -0.133. The summed E-state index contributed by atoms with van der Waals surface area (Å²) in [4.78, 5) is 12.8. The quantitative estimate of drug-likeness (QED) is 0.626. The number of nitrogens with zero attached hydrogens (tertiary/aromatic N) is 2. The van der Waals surface area contributed by atoms with E-state index in [0.29, 0.717) is 6.61 Å². The van der Waals surface area contributed by atoms with Crippen LogP contribution in [0, 0.1) is 11.6 Å². The molecule has 2 aliphatic rings. The molecular formula is C18H24F2N2O5S. The fourth-order valence-electron chi connectivity index (χ4n) is 3.34. The number of sulfonamides is 1. The molecule has 7 nitrogen and oxygen atoms in total. The number of amides is 1. The Morgan fingerprint density at radius 1 is 1.18 bits per heavy atom. The van der Waals surface area contributed by atoms with Gasteiger partial charge in [0, 0.05) is 32.8 Å². The van der Waals surface area contributed by atoms with Gasteiger partial charge < -0.3 is 14.4 Å². The van der Waals surface area contributed by atoms with Gasteiger partial charge in [0.25, 0.3) is 0 Å². The van der Waals surface area contributed by atoms with Gasteiger partial charge in [-0.2, -0.15) is 4.31 Å². The molecule has 0 aromatic heterocycles. The highest BCUT2D eigenvalue weighted by Crippen LogP contribution is 2.23. The zero-order valence-electron chi connectivity index (χ0n) is 15.5. The first-order valence-corrected chi connectivity index (χ1v) is 10.7. The number of piperazine rings is 1. The van der Waals surface area contributed by atoms with E-state index in [-0.39, 0.29) is 51.2 Å². The Hall–Kier alpha value is -1.62. The van der Waals surface area contributed by atoms with Gasteiger partial charge in [0.2, 0.25) is 15.9 Å². The van der Waals surface area contributed by atoms with Crippen molar-refractivity contribution < 1.29 is 31.5 Å². The highest BCUT2D eigenvalue weighted by atomic mass is 32.2. The highest BCUT2D eigenvalue weighted by molar-refractivity contribution is 7.89. The number of hydrogen-bond acceptors (Lipinski definition) is 5. The van der Waals surface area contributed by atoms with Crippen molar-refractivity contribution in [2.24, 2.45) is 0 Å². The molecule has 2 heterocycles. The van der Waals surface area contributed by atoms with E-state index in [1.54, 1.807) is 4.90 Å². The van der Waals surface area contributed by atoms with Crippen LogP contribution in [0.5, 0.6) is 0 Å². The molecule has 2 aliphatic heterocycles. The van der Waals surface area contributed by atoms with Gasteiger partial charge in [-0.3, -0.25) is 4.79 Å². The summed E-state index contributed by atoms with van der Waals surface area (Å²) in [6, 6.07) is 2.93. The summed E-state index contributed by atoms with van der Waals surface area (Å²) in [6.07, 6.45) is 2.29. The normalized spacial score (nSPS) is 21.2. The molecule has 0 spiro atoms. The Kier molecular flexibility index (Phi) is 6.97. The second kappa shape index (κ2) is 9.25. The van der Waals surface area contributed by atoms with Crippen molar-refractivity contribution in [2.75, 3.05) is 46.0 Å². The summed E-state index contributed by atoms with van der Waals surface area (Å²) in [5.74, 6) is -2.38. The molecule has 0 saturated carbocycles. The van der Waals surface area contributed by atoms with E-state index in [0.717, 1.165) is 42.0 Å². The number of hydrogen-bond donors (Lipinski definition) is 0. The third kappa shape index (κ3) is 4.86. The molecule has 1 aromatic rings. The van der Waals surface area contributed by atoms with Crippen molar-refractivity contribution in [3.8, 4) is 0 Å². The Morgan fingerprint density at radius 3 is 2.46 bits per heavy atom. The molecule has 0 N–H and O–H groups in total. The van der Waals surface area contributed by atoms with E-state index in [9.17, 15) is 22.0 Å². The summed E-state index contributed by atoms with van der Waals surface area (Å²) in [5, 5.41) is 0. The molecule has 1 aromatic carbocycles. The Balaban J connectivity index is 1.47. The maximum atomic E-state index is 13.9. The van der Waals surface area contributed by atoms with Crippen molar-refractivity contribution in [1.82, 2.24) is 9.21 Å². The minimum atomic E-state index is -4.30. The van der Waals surface area contributed by atoms with Gasteiger partial charge in [-0.1, -0.05) is 6.07 Å². The average molecular weight is 418 g/mol. The first kappa shape index (κ1) is 21.1. The first-order valence-electron chi connectivity index (χ1n) is 9.31. The lowest BCUT2D eigenvalue weighted by Crippen LogP contribution is -2.50. The largest absolute Gasteiger partial charge is 0.378 e. The lowest BCUT2D eigenvalue weighted by atomic mass is 10.2. The Labute approximate surface area is 163 Å². The van der Waals surface area contributed by atoms with Gasteiger partial charge in [0.1, 0.15) is 11.6 Å². The minimum absolute atomic E-state index is 0.0153. The minimum Gasteiger partial charge on any atom is -0.378 e. The molecule has 0 bridgehead atoms. The Morgan fingerprint density at radius 2 is 1.86 bits per heavy atom. The van der Waals surface area contributed by atoms with Gasteiger partial charge in [0.05, 0.1) is 25.7 Å². The van der Waals surface area contributed by atoms with Gasteiger partial charge >= 0.3 is 0 Å². The van der Waals surface area contributed by atoms with Crippen LogP contribution in [-0.2, 0) is 24.3 Å². The second-order valence-corrected chi connectivity index (χ2v) is 8.67. The molecule has 28 heavy (non-hydrogen) atoms. The van der Waals surface area contributed by atoms with E-state index < -0.39 is 26.6 Å². The van der Waals surface area contributed by atoms with Crippen molar-refractivity contribution in [1.29, 1.82) is 0 Å². The van der Waals surface area contributed by atoms with Crippen LogP contribution in [0.2, 0.25) is 0 Å². The highest BCUT2D eigenvalue weighted by Gasteiger charge is 2.34. The first-order chi connectivity index (χ1) is 13.4. The van der Waals surface area contributed by atoms with Crippen LogP contribution in [0.4, 0.5) is 8.78 Å². The summed E-state index contributed by atoms with van der Waals surface area (Å²) in [7, 11) is -4.30. The number of benzene rings is 1. The van der Waals surface area contributed by atoms with E-state index in [1.165, 1.54) is 0 Å². The van der Waals surface area contributed by atoms with Crippen molar-refractivity contribution in [3.63, 3.8) is 0 Å². The fraction of sp³-hybridized carbons (Fsp3) is 0.611. The van der Waals surface area contributed by atoms with Crippen molar-refractivity contribution >= 4 is 15.9 Å². The standard InChI is InChI=1S/C18H24F2N2O5S/c19-15-4-1-5-16(20)18(15)28(24,25)22-9-7-21(8-10-22)17(23)6-12-26-13-14-3-2-11-27-14/h1,4-5,14H,2-3,6-13H2. The van der Waals surface area contributed by atoms with E-state index in [4.69, 9.17) is 9.47 Å². The zero-order chi connectivity index (χ0) is 20.1. The maximum Gasteiger partial charge on any atom is 0.249 e. The molecule has 156 valence electrons. The van der Waals surface area contributed by atoms with E-state index in [2.05, 4.69) is 0 Å². The van der Waals surface area contributed by atoms with Crippen LogP contribution in [-0.4, -0.2) is 75.6 Å². The van der Waals surface area contributed by atoms with Crippen molar-refractivity contribution in [3.05, 3.63) is 29.8 Å². The molecule has 0 radical (unpaired) electrons. The molecule has 2 saturated heterocycles. The molecule has 1 unspecified atom stereocenters. The molecule has 2 fully saturated rings. The molecular weight excluding hydrogens is 394 g/mol. The Bertz CT molecular complexity index is 771. The van der Waals surface area contributed by atoms with E-state index in [1.807, 2.05) is 0 Å². The summed E-state index contributed by atoms with van der Waals surface area (Å²) >= 11 is 0. The predicted molar refractivity (Wildman–Crippen MR) is 96.1 cm³/mol. The van der Waals surface area contributed by atoms with Crippen LogP contribution < -0.4 is 0 Å². The lowest BCUT2D eigenvalue weighted by Gasteiger charge is -2.34. The number of carbonyl (C=O) groups excluding carboxylic acids is 1.